The number of benzene rings is 2. The second-order valence-electron chi connectivity index (χ2n) is 7.47. The smallest absolute Gasteiger partial charge is 0.227 e. The number of nitrogen functional groups attached to an aromatic ring is 1. The number of rotatable bonds is 7. The van der Waals surface area contributed by atoms with Gasteiger partial charge < -0.3 is 24.8 Å². The lowest BCUT2D eigenvalue weighted by Crippen LogP contribution is -2.46. The van der Waals surface area contributed by atoms with Crippen LogP contribution in [-0.2, 0) is 6.54 Å². The van der Waals surface area contributed by atoms with Crippen LogP contribution in [0.2, 0.25) is 0 Å². The number of nitrogens with zero attached hydrogens (tertiary/aromatic N) is 4. The molecule has 0 bridgehead atoms. The number of ether oxygens (including phenoxy) is 3. The Bertz CT molecular complexity index is 1030. The summed E-state index contributed by atoms with van der Waals surface area (Å²) in [5, 5.41) is 0.760. The molecule has 0 saturated carbocycles. The van der Waals surface area contributed by atoms with Crippen LogP contribution in [-0.4, -0.2) is 61.9 Å². The fraction of sp³-hybridized carbons (Fsp3) is 0.391. The third-order valence-corrected chi connectivity index (χ3v) is 5.51. The molecule has 1 aliphatic heterocycles. The van der Waals surface area contributed by atoms with E-state index in [0.29, 0.717) is 29.9 Å². The zero-order valence-corrected chi connectivity index (χ0v) is 18.3. The maximum absolute atomic E-state index is 6.25. The van der Waals surface area contributed by atoms with Crippen molar-refractivity contribution in [2.45, 2.75) is 13.5 Å². The van der Waals surface area contributed by atoms with Crippen molar-refractivity contribution in [3.63, 3.8) is 0 Å². The highest BCUT2D eigenvalue weighted by molar-refractivity contribution is 5.91. The van der Waals surface area contributed by atoms with Crippen LogP contribution in [0.25, 0.3) is 10.9 Å². The molecule has 0 amide bonds. The molecule has 2 aromatic carbocycles. The average molecular weight is 424 g/mol. The van der Waals surface area contributed by atoms with Gasteiger partial charge in [-0.15, -0.1) is 0 Å². The Morgan fingerprint density at radius 3 is 2.26 bits per heavy atom. The molecule has 0 aliphatic carbocycles. The normalized spacial score (nSPS) is 14.6. The van der Waals surface area contributed by atoms with Gasteiger partial charge in [-0.25, -0.2) is 4.98 Å². The van der Waals surface area contributed by atoms with Crippen LogP contribution in [0.3, 0.4) is 0 Å². The Hall–Kier alpha value is -3.26. The first-order chi connectivity index (χ1) is 15.1. The highest BCUT2D eigenvalue weighted by Gasteiger charge is 2.21. The molecule has 8 nitrogen and oxygen atoms in total. The standard InChI is InChI=1S/C23H29N5O3/c1-4-31-17-7-5-16(6-8-17)15-27-9-11-28(12-10-27)23-25-19-14-21(30-3)20(29-2)13-18(19)22(24)26-23/h5-8,13-14H,4,9-12,15H2,1-3H3,(H2,24,25,26). The summed E-state index contributed by atoms with van der Waals surface area (Å²) in [4.78, 5) is 13.9. The van der Waals surface area contributed by atoms with E-state index >= 15 is 0 Å². The number of piperazine rings is 1. The Morgan fingerprint density at radius 1 is 0.935 bits per heavy atom. The maximum Gasteiger partial charge on any atom is 0.227 e. The minimum atomic E-state index is 0.442. The van der Waals surface area contributed by atoms with Gasteiger partial charge in [-0.2, -0.15) is 4.98 Å². The van der Waals surface area contributed by atoms with Crippen molar-refractivity contribution in [3.8, 4) is 17.2 Å². The molecule has 1 aromatic heterocycles. The summed E-state index contributed by atoms with van der Waals surface area (Å²) in [6.07, 6.45) is 0. The summed E-state index contributed by atoms with van der Waals surface area (Å²) in [5.41, 5.74) is 8.28. The summed E-state index contributed by atoms with van der Waals surface area (Å²) in [6.45, 7) is 7.14. The van der Waals surface area contributed by atoms with E-state index in [-0.39, 0.29) is 0 Å². The Balaban J connectivity index is 1.44. The number of anilines is 2. The molecule has 0 atom stereocenters. The monoisotopic (exact) mass is 423 g/mol. The second-order valence-corrected chi connectivity index (χ2v) is 7.47. The molecule has 0 spiro atoms. The van der Waals surface area contributed by atoms with E-state index in [1.165, 1.54) is 5.56 Å². The lowest BCUT2D eigenvalue weighted by Gasteiger charge is -2.34. The van der Waals surface area contributed by atoms with E-state index in [0.717, 1.165) is 49.4 Å². The third kappa shape index (κ3) is 4.59. The van der Waals surface area contributed by atoms with Crippen LogP contribution in [0, 0.1) is 0 Å². The molecule has 2 heterocycles. The van der Waals surface area contributed by atoms with Gasteiger partial charge >= 0.3 is 0 Å². The van der Waals surface area contributed by atoms with E-state index in [2.05, 4.69) is 26.9 Å². The van der Waals surface area contributed by atoms with Crippen molar-refractivity contribution >= 4 is 22.7 Å². The van der Waals surface area contributed by atoms with E-state index in [1.807, 2.05) is 31.2 Å². The molecule has 1 fully saturated rings. The number of nitrogens with two attached hydrogens (primary N) is 1. The van der Waals surface area contributed by atoms with Gasteiger partial charge in [0.25, 0.3) is 0 Å². The largest absolute Gasteiger partial charge is 0.494 e. The van der Waals surface area contributed by atoms with Crippen molar-refractivity contribution in [2.75, 3.05) is 57.6 Å². The van der Waals surface area contributed by atoms with E-state index < -0.39 is 0 Å². The highest BCUT2D eigenvalue weighted by atomic mass is 16.5. The highest BCUT2D eigenvalue weighted by Crippen LogP contribution is 2.34. The summed E-state index contributed by atoms with van der Waals surface area (Å²) in [5.74, 6) is 3.24. The summed E-state index contributed by atoms with van der Waals surface area (Å²) >= 11 is 0. The summed E-state index contributed by atoms with van der Waals surface area (Å²) in [7, 11) is 3.21. The van der Waals surface area contributed by atoms with Crippen molar-refractivity contribution in [2.24, 2.45) is 0 Å². The van der Waals surface area contributed by atoms with Crippen molar-refractivity contribution in [1.29, 1.82) is 0 Å². The van der Waals surface area contributed by atoms with Gasteiger partial charge in [0, 0.05) is 44.2 Å². The zero-order chi connectivity index (χ0) is 21.8. The van der Waals surface area contributed by atoms with Crippen molar-refractivity contribution < 1.29 is 14.2 Å². The van der Waals surface area contributed by atoms with Crippen LogP contribution in [0.1, 0.15) is 12.5 Å². The Labute approximate surface area is 182 Å². The molecular formula is C23H29N5O3. The average Bonchev–Trinajstić information content (AvgIpc) is 2.80. The molecular weight excluding hydrogens is 394 g/mol. The zero-order valence-electron chi connectivity index (χ0n) is 18.3. The third-order valence-electron chi connectivity index (χ3n) is 5.51. The van der Waals surface area contributed by atoms with Gasteiger partial charge in [-0.3, -0.25) is 4.90 Å². The molecule has 0 unspecified atom stereocenters. The fourth-order valence-electron chi connectivity index (χ4n) is 3.83. The van der Waals surface area contributed by atoms with Crippen LogP contribution in [0.15, 0.2) is 36.4 Å². The Morgan fingerprint density at radius 2 is 1.61 bits per heavy atom. The molecule has 1 saturated heterocycles. The van der Waals surface area contributed by atoms with Crippen LogP contribution < -0.4 is 24.8 Å². The summed E-state index contributed by atoms with van der Waals surface area (Å²) < 4.78 is 16.3. The molecule has 8 heteroatoms. The van der Waals surface area contributed by atoms with E-state index in [1.54, 1.807) is 14.2 Å². The summed E-state index contributed by atoms with van der Waals surface area (Å²) in [6, 6.07) is 12.0. The number of fused-ring (bicyclic) bond motifs is 1. The molecule has 4 rings (SSSR count). The minimum absolute atomic E-state index is 0.442. The lowest BCUT2D eigenvalue weighted by atomic mass is 10.2. The van der Waals surface area contributed by atoms with E-state index in [9.17, 15) is 0 Å². The molecule has 2 N–H and O–H groups in total. The van der Waals surface area contributed by atoms with Gasteiger partial charge in [-0.1, -0.05) is 12.1 Å². The maximum atomic E-state index is 6.25. The van der Waals surface area contributed by atoms with Gasteiger partial charge in [0.1, 0.15) is 11.6 Å². The van der Waals surface area contributed by atoms with Crippen molar-refractivity contribution in [3.05, 3.63) is 42.0 Å². The first-order valence-electron chi connectivity index (χ1n) is 10.5. The van der Waals surface area contributed by atoms with Crippen LogP contribution in [0.4, 0.5) is 11.8 Å². The number of hydrogen-bond acceptors (Lipinski definition) is 8. The first kappa shape index (κ1) is 21.0. The number of aromatic nitrogens is 2. The first-order valence-corrected chi connectivity index (χ1v) is 10.5. The fourth-order valence-corrected chi connectivity index (χ4v) is 3.83. The molecule has 1 aliphatic rings. The van der Waals surface area contributed by atoms with E-state index in [4.69, 9.17) is 24.9 Å². The van der Waals surface area contributed by atoms with Gasteiger partial charge in [-0.05, 0) is 30.7 Å². The lowest BCUT2D eigenvalue weighted by molar-refractivity contribution is 0.248. The molecule has 31 heavy (non-hydrogen) atoms. The van der Waals surface area contributed by atoms with Crippen molar-refractivity contribution in [1.82, 2.24) is 14.9 Å². The molecule has 164 valence electrons. The molecule has 3 aromatic rings. The number of hydrogen-bond donors (Lipinski definition) is 1. The van der Waals surface area contributed by atoms with Gasteiger partial charge in [0.15, 0.2) is 11.5 Å². The quantitative estimate of drug-likeness (QED) is 0.621. The second kappa shape index (κ2) is 9.26. The van der Waals surface area contributed by atoms with Crippen LogP contribution >= 0.6 is 0 Å². The SMILES string of the molecule is CCOc1ccc(CN2CCN(c3nc(N)c4cc(OC)c(OC)cc4n3)CC2)cc1. The predicted molar refractivity (Wildman–Crippen MR) is 122 cm³/mol. The number of methoxy groups -OCH3 is 2. The minimum Gasteiger partial charge on any atom is -0.494 e. The Kier molecular flexibility index (Phi) is 6.27. The predicted octanol–water partition coefficient (Wildman–Crippen LogP) is 2.95. The van der Waals surface area contributed by atoms with Crippen LogP contribution in [0.5, 0.6) is 17.2 Å². The topological polar surface area (TPSA) is 86.0 Å². The molecule has 0 radical (unpaired) electrons. The van der Waals surface area contributed by atoms with Gasteiger partial charge in [0.2, 0.25) is 5.95 Å². The van der Waals surface area contributed by atoms with Gasteiger partial charge in [0.05, 0.1) is 26.3 Å².